The minimum atomic E-state index is 0.0532. The van der Waals surface area contributed by atoms with E-state index in [2.05, 4.69) is 15.3 Å². The average molecular weight is 228 g/mol. The van der Waals surface area contributed by atoms with Gasteiger partial charge in [-0.3, -0.25) is 0 Å². The Morgan fingerprint density at radius 3 is 3.00 bits per heavy atom. The Kier molecular flexibility index (Phi) is 2.86. The zero-order chi connectivity index (χ0) is 9.97. The number of halogens is 1. The van der Waals surface area contributed by atoms with Crippen molar-refractivity contribution in [3.05, 3.63) is 39.6 Å². The van der Waals surface area contributed by atoms with E-state index in [4.69, 9.17) is 11.6 Å². The number of H-pyrrole nitrogens is 1. The molecule has 0 aliphatic heterocycles. The van der Waals surface area contributed by atoms with E-state index in [1.165, 1.54) is 0 Å². The fraction of sp³-hybridized carbons (Fsp3) is 0.222. The van der Waals surface area contributed by atoms with Gasteiger partial charge in [0.2, 0.25) is 0 Å². The number of hydrogen-bond donors (Lipinski definition) is 2. The Bertz CT molecular complexity index is 396. The van der Waals surface area contributed by atoms with Crippen molar-refractivity contribution in [3.8, 4) is 0 Å². The first kappa shape index (κ1) is 9.71. The monoisotopic (exact) mass is 227 g/mol. The molecule has 0 aliphatic carbocycles. The van der Waals surface area contributed by atoms with Gasteiger partial charge in [-0.05, 0) is 18.5 Å². The first-order valence-electron chi connectivity index (χ1n) is 4.22. The topological polar surface area (TPSA) is 40.7 Å². The van der Waals surface area contributed by atoms with Gasteiger partial charge < -0.3 is 10.3 Å². The number of nitrogens with one attached hydrogen (secondary N) is 2. The van der Waals surface area contributed by atoms with Crippen molar-refractivity contribution in [3.63, 3.8) is 0 Å². The molecule has 2 rings (SSSR count). The summed E-state index contributed by atoms with van der Waals surface area (Å²) >= 11 is 7.68. The van der Waals surface area contributed by atoms with Crippen molar-refractivity contribution in [2.45, 2.75) is 6.04 Å². The van der Waals surface area contributed by atoms with Gasteiger partial charge in [-0.25, -0.2) is 4.98 Å². The second-order valence-corrected chi connectivity index (χ2v) is 4.18. The highest BCUT2D eigenvalue weighted by Gasteiger charge is 2.18. The molecule has 74 valence electrons. The van der Waals surface area contributed by atoms with Crippen molar-refractivity contribution in [2.75, 3.05) is 7.05 Å². The van der Waals surface area contributed by atoms with Gasteiger partial charge in [0.05, 0.1) is 5.02 Å². The summed E-state index contributed by atoms with van der Waals surface area (Å²) in [7, 11) is 1.89. The Morgan fingerprint density at radius 2 is 2.50 bits per heavy atom. The van der Waals surface area contributed by atoms with E-state index >= 15 is 0 Å². The molecule has 0 radical (unpaired) electrons. The summed E-state index contributed by atoms with van der Waals surface area (Å²) in [5.74, 6) is 0.886. The molecule has 2 N–H and O–H groups in total. The van der Waals surface area contributed by atoms with E-state index in [-0.39, 0.29) is 6.04 Å². The number of thiophene rings is 1. The molecule has 2 aromatic heterocycles. The van der Waals surface area contributed by atoms with Crippen LogP contribution in [-0.4, -0.2) is 17.0 Å². The number of rotatable bonds is 3. The minimum absolute atomic E-state index is 0.0532. The van der Waals surface area contributed by atoms with Crippen LogP contribution in [0, 0.1) is 0 Å². The quantitative estimate of drug-likeness (QED) is 0.846. The standard InChI is InChI=1S/C9H10ClN3S/c1-11-7(9-12-3-4-13-9)8-6(10)2-5-14-8/h2-5,7,11H,1H3,(H,12,13). The number of aromatic amines is 1. The summed E-state index contributed by atoms with van der Waals surface area (Å²) in [5, 5.41) is 5.94. The molecule has 0 saturated heterocycles. The third kappa shape index (κ3) is 1.68. The van der Waals surface area contributed by atoms with Crippen LogP contribution in [0.4, 0.5) is 0 Å². The average Bonchev–Trinajstić information content (AvgIpc) is 2.80. The molecule has 2 heterocycles. The molecular weight excluding hydrogens is 218 g/mol. The van der Waals surface area contributed by atoms with Crippen LogP contribution in [0.15, 0.2) is 23.8 Å². The van der Waals surface area contributed by atoms with E-state index in [0.717, 1.165) is 15.7 Å². The molecular formula is C9H10ClN3S. The smallest absolute Gasteiger partial charge is 0.128 e. The van der Waals surface area contributed by atoms with Gasteiger partial charge in [-0.15, -0.1) is 11.3 Å². The molecule has 0 saturated carbocycles. The SMILES string of the molecule is CNC(c1ncc[nH]1)c1sccc1Cl. The van der Waals surface area contributed by atoms with Crippen LogP contribution in [0.2, 0.25) is 5.02 Å². The lowest BCUT2D eigenvalue weighted by Crippen LogP contribution is -2.18. The second kappa shape index (κ2) is 4.13. The van der Waals surface area contributed by atoms with Gasteiger partial charge in [0.1, 0.15) is 11.9 Å². The lowest BCUT2D eigenvalue weighted by molar-refractivity contribution is 0.666. The fourth-order valence-electron chi connectivity index (χ4n) is 1.34. The van der Waals surface area contributed by atoms with E-state index in [0.29, 0.717) is 0 Å². The summed E-state index contributed by atoms with van der Waals surface area (Å²) in [5.41, 5.74) is 0. The first-order chi connectivity index (χ1) is 6.83. The maximum absolute atomic E-state index is 6.06. The Hall–Kier alpha value is -0.840. The van der Waals surface area contributed by atoms with Gasteiger partial charge in [0.15, 0.2) is 0 Å². The zero-order valence-corrected chi connectivity index (χ0v) is 9.19. The number of hydrogen-bond acceptors (Lipinski definition) is 3. The summed E-state index contributed by atoms with van der Waals surface area (Å²) in [4.78, 5) is 8.38. The van der Waals surface area contributed by atoms with Crippen LogP contribution in [0.25, 0.3) is 0 Å². The Morgan fingerprint density at radius 1 is 1.64 bits per heavy atom. The predicted octanol–water partition coefficient (Wildman–Crippen LogP) is 2.43. The van der Waals surface area contributed by atoms with Crippen LogP contribution >= 0.6 is 22.9 Å². The molecule has 3 nitrogen and oxygen atoms in total. The summed E-state index contributed by atoms with van der Waals surface area (Å²) < 4.78 is 0. The summed E-state index contributed by atoms with van der Waals surface area (Å²) in [6, 6.07) is 1.95. The van der Waals surface area contributed by atoms with Crippen LogP contribution in [0.1, 0.15) is 16.7 Å². The van der Waals surface area contributed by atoms with Crippen molar-refractivity contribution in [1.82, 2.24) is 15.3 Å². The van der Waals surface area contributed by atoms with Gasteiger partial charge >= 0.3 is 0 Å². The summed E-state index contributed by atoms with van der Waals surface area (Å²) in [6.45, 7) is 0. The minimum Gasteiger partial charge on any atom is -0.347 e. The van der Waals surface area contributed by atoms with Crippen LogP contribution in [0.3, 0.4) is 0 Å². The van der Waals surface area contributed by atoms with Crippen LogP contribution < -0.4 is 5.32 Å². The molecule has 0 fully saturated rings. The van der Waals surface area contributed by atoms with E-state index in [1.54, 1.807) is 23.7 Å². The number of aromatic nitrogens is 2. The normalized spacial score (nSPS) is 13.0. The number of nitrogens with zero attached hydrogens (tertiary/aromatic N) is 1. The molecule has 0 aromatic carbocycles. The maximum atomic E-state index is 6.06. The molecule has 0 aliphatic rings. The van der Waals surface area contributed by atoms with Crippen molar-refractivity contribution in [1.29, 1.82) is 0 Å². The van der Waals surface area contributed by atoms with E-state index in [9.17, 15) is 0 Å². The largest absolute Gasteiger partial charge is 0.347 e. The van der Waals surface area contributed by atoms with E-state index < -0.39 is 0 Å². The van der Waals surface area contributed by atoms with Crippen molar-refractivity contribution in [2.24, 2.45) is 0 Å². The van der Waals surface area contributed by atoms with Gasteiger partial charge in [0.25, 0.3) is 0 Å². The van der Waals surface area contributed by atoms with Crippen molar-refractivity contribution >= 4 is 22.9 Å². The Labute approximate surface area is 91.1 Å². The van der Waals surface area contributed by atoms with Gasteiger partial charge in [-0.1, -0.05) is 11.6 Å². The molecule has 5 heteroatoms. The third-order valence-corrected chi connectivity index (χ3v) is 3.41. The molecule has 0 amide bonds. The van der Waals surface area contributed by atoms with Crippen LogP contribution in [0.5, 0.6) is 0 Å². The lowest BCUT2D eigenvalue weighted by Gasteiger charge is -2.11. The Balaban J connectivity index is 2.36. The van der Waals surface area contributed by atoms with Crippen LogP contribution in [-0.2, 0) is 0 Å². The van der Waals surface area contributed by atoms with Crippen molar-refractivity contribution < 1.29 is 0 Å². The molecule has 1 atom stereocenters. The lowest BCUT2D eigenvalue weighted by atomic mass is 10.2. The fourth-order valence-corrected chi connectivity index (χ4v) is 2.62. The highest BCUT2D eigenvalue weighted by molar-refractivity contribution is 7.10. The first-order valence-corrected chi connectivity index (χ1v) is 5.48. The van der Waals surface area contributed by atoms with Gasteiger partial charge in [-0.2, -0.15) is 0 Å². The molecule has 0 spiro atoms. The number of imidazole rings is 1. The summed E-state index contributed by atoms with van der Waals surface area (Å²) in [6.07, 6.45) is 3.54. The van der Waals surface area contributed by atoms with E-state index in [1.807, 2.05) is 18.5 Å². The zero-order valence-electron chi connectivity index (χ0n) is 7.62. The third-order valence-electron chi connectivity index (χ3n) is 1.99. The highest BCUT2D eigenvalue weighted by atomic mass is 35.5. The van der Waals surface area contributed by atoms with Gasteiger partial charge in [0, 0.05) is 17.3 Å². The predicted molar refractivity (Wildman–Crippen MR) is 58.8 cm³/mol. The molecule has 2 aromatic rings. The highest BCUT2D eigenvalue weighted by Crippen LogP contribution is 2.30. The molecule has 0 bridgehead atoms. The second-order valence-electron chi connectivity index (χ2n) is 2.83. The molecule has 1 unspecified atom stereocenters. The molecule has 14 heavy (non-hydrogen) atoms. The maximum Gasteiger partial charge on any atom is 0.128 e.